The fraction of sp³-hybridized carbons (Fsp3) is 0.375. The molecule has 3 aliphatic heterocycles. The summed E-state index contributed by atoms with van der Waals surface area (Å²) >= 11 is 6.33. The van der Waals surface area contributed by atoms with Gasteiger partial charge in [0, 0.05) is 24.9 Å². The Kier molecular flexibility index (Phi) is 18.9. The molecule has 9 rings (SSSR count). The van der Waals surface area contributed by atoms with Crippen molar-refractivity contribution in [2.45, 2.75) is 87.3 Å². The molecule has 0 radical (unpaired) electrons. The Bertz CT molecular complexity index is 3400. The smallest absolute Gasteiger partial charge is 0.472 e. The molecule has 3 aromatic heterocycles. The lowest BCUT2D eigenvalue weighted by Crippen LogP contribution is -2.49. The standard InChI is InChI=1S/C48H52ClFN10O20P2/c49-29-4-1-2-5-31(29)72-20-30(57-48(65)73-19-26-9-13-28(14-10-26)56-35(61)18-25-7-11-27(50)12-8-25)46(63)79-39-32(76-44(38(39)62)60-24-55-37-42(52)53-23-54-43(37)60)22-75-82(69,70)80-40-33(21-74-81(66,67)68)77-45(41(40)78-36-6-3-17-71-36)59-16-15-34(51)58-47(59)64/h1-2,4-5,7-16,23-24,30,32-33,36,38-41,44-45,62H,3,6,17-22H2,(H,56,61)(H,57,65)(H,69,70)(H2,51,58,64)(H2,52,53,54)(H2,66,67,68)/t30-,32+,33+,36?,38+,39+,40+,41+,44+,45+/m0/s1. The molecule has 0 spiro atoms. The van der Waals surface area contributed by atoms with Crippen LogP contribution in [0.2, 0.25) is 5.02 Å². The van der Waals surface area contributed by atoms with Crippen molar-refractivity contribution in [1.82, 2.24) is 34.4 Å². The minimum absolute atomic E-state index is 0.0183. The highest BCUT2D eigenvalue weighted by atomic mass is 35.5. The number of halogens is 2. The Hall–Kier alpha value is -7.06. The van der Waals surface area contributed by atoms with E-state index in [0.29, 0.717) is 29.7 Å². The minimum atomic E-state index is -5.53. The lowest BCUT2D eigenvalue weighted by Gasteiger charge is -2.29. The number of nitrogens with two attached hydrogens (primary N) is 2. The number of aliphatic hydroxyl groups excluding tert-OH is 1. The second kappa shape index (κ2) is 26.0. The van der Waals surface area contributed by atoms with Gasteiger partial charge in [0.15, 0.2) is 42.4 Å². The minimum Gasteiger partial charge on any atom is -0.489 e. The third-order valence-corrected chi connectivity index (χ3v) is 14.4. The molecule has 3 fully saturated rings. The number of nitrogen functional groups attached to an aromatic ring is 2. The number of alkyl carbamates (subject to hydrolysis) is 1. The largest absolute Gasteiger partial charge is 0.489 e. The lowest BCUT2D eigenvalue weighted by molar-refractivity contribution is -0.181. The number of carbonyl (C=O) groups excluding carboxylic acids is 3. The van der Waals surface area contributed by atoms with Gasteiger partial charge < -0.3 is 75.0 Å². The number of aliphatic hydroxyl groups is 1. The molecule has 2 unspecified atom stereocenters. The van der Waals surface area contributed by atoms with Gasteiger partial charge in [0.25, 0.3) is 0 Å². The average Bonchev–Trinajstić information content (AvgIpc) is 3.69. The zero-order valence-corrected chi connectivity index (χ0v) is 45.0. The van der Waals surface area contributed by atoms with Crippen molar-refractivity contribution in [3.8, 4) is 5.75 Å². The van der Waals surface area contributed by atoms with Gasteiger partial charge in [-0.1, -0.05) is 48.0 Å². The van der Waals surface area contributed by atoms with Gasteiger partial charge in [-0.15, -0.1) is 0 Å². The number of aromatic nitrogens is 6. The van der Waals surface area contributed by atoms with E-state index in [0.717, 1.165) is 10.9 Å². The third-order valence-electron chi connectivity index (χ3n) is 12.6. The summed E-state index contributed by atoms with van der Waals surface area (Å²) < 4.78 is 98.4. The van der Waals surface area contributed by atoms with Gasteiger partial charge in [0.2, 0.25) is 5.91 Å². The molecule has 11 atom stereocenters. The van der Waals surface area contributed by atoms with Crippen LogP contribution in [0.5, 0.6) is 5.75 Å². The molecule has 3 saturated heterocycles. The van der Waals surface area contributed by atoms with Crippen LogP contribution in [-0.4, -0.2) is 142 Å². The third kappa shape index (κ3) is 15.1. The number of phosphoric acid groups is 2. The first-order valence-electron chi connectivity index (χ1n) is 24.7. The van der Waals surface area contributed by atoms with E-state index in [1.54, 1.807) is 36.4 Å². The molecule has 6 heterocycles. The molecule has 3 aromatic carbocycles. The fourth-order valence-electron chi connectivity index (χ4n) is 8.73. The lowest BCUT2D eigenvalue weighted by atomic mass is 10.1. The number of esters is 1. The molecule has 2 amide bonds. The molecule has 3 aliphatic rings. The Morgan fingerprint density at radius 2 is 1.60 bits per heavy atom. The van der Waals surface area contributed by atoms with E-state index in [-0.39, 0.29) is 59.1 Å². The molecule has 30 nitrogen and oxygen atoms in total. The molecule has 0 bridgehead atoms. The summed E-state index contributed by atoms with van der Waals surface area (Å²) in [5, 5.41) is 17.2. The number of nitrogens with zero attached hydrogens (tertiary/aromatic N) is 6. The number of rotatable bonds is 23. The van der Waals surface area contributed by atoms with E-state index in [1.165, 1.54) is 59.6 Å². The number of benzene rings is 3. The molecular weight excluding hydrogens is 1150 g/mol. The number of ether oxygens (including phenoxy) is 7. The molecule has 10 N–H and O–H groups in total. The normalized spacial score (nSPS) is 23.7. The summed E-state index contributed by atoms with van der Waals surface area (Å²) in [6.07, 6.45) is -11.6. The Morgan fingerprint density at radius 1 is 0.878 bits per heavy atom. The van der Waals surface area contributed by atoms with Crippen LogP contribution >= 0.6 is 27.2 Å². The molecule has 438 valence electrons. The second-order valence-electron chi connectivity index (χ2n) is 18.4. The maximum Gasteiger partial charge on any atom is 0.472 e. The van der Waals surface area contributed by atoms with Gasteiger partial charge in [-0.3, -0.25) is 27.5 Å². The summed E-state index contributed by atoms with van der Waals surface area (Å²) in [4.78, 5) is 100. The number of imidazole rings is 1. The monoisotopic (exact) mass is 1200 g/mol. The van der Waals surface area contributed by atoms with Crippen LogP contribution in [-0.2, 0) is 73.7 Å². The Labute approximate surface area is 467 Å². The van der Waals surface area contributed by atoms with Crippen LogP contribution in [0, 0.1) is 5.82 Å². The predicted molar refractivity (Wildman–Crippen MR) is 278 cm³/mol. The average molecular weight is 1210 g/mol. The van der Waals surface area contributed by atoms with Gasteiger partial charge in [-0.25, -0.2) is 42.9 Å². The molecule has 34 heteroatoms. The zero-order valence-electron chi connectivity index (χ0n) is 42.5. The maximum atomic E-state index is 14.4. The summed E-state index contributed by atoms with van der Waals surface area (Å²) in [5.74, 6) is -2.24. The summed E-state index contributed by atoms with van der Waals surface area (Å²) in [6, 6.07) is 17.3. The summed E-state index contributed by atoms with van der Waals surface area (Å²) in [5.41, 5.74) is 12.3. The van der Waals surface area contributed by atoms with Gasteiger partial charge in [-0.05, 0) is 60.0 Å². The number of nitrogens with one attached hydrogen (secondary N) is 2. The number of phosphoric ester groups is 2. The zero-order chi connectivity index (χ0) is 58.3. The first kappa shape index (κ1) is 59.6. The van der Waals surface area contributed by atoms with Crippen molar-refractivity contribution in [3.05, 3.63) is 130 Å². The maximum absolute atomic E-state index is 14.4. The van der Waals surface area contributed by atoms with Crippen molar-refractivity contribution in [2.24, 2.45) is 0 Å². The number of hydrogen-bond donors (Lipinski definition) is 8. The Balaban J connectivity index is 0.934. The SMILES string of the molecule is Nc1ccn([C@@H]2O[C@H](COP(=O)(O)O)[C@@H](OP(=O)(O)OC[C@H]3O[C@@H](n4cnc5c(N)ncnc54)[C@H](O)[C@@H]3OC(=O)[C@H](COc3ccccc3Cl)NC(=O)OCc3ccc(NC(=O)Cc4ccc(F)cc4)cc3)[C@H]2OC2CCCO2)c(=O)n1. The van der Waals surface area contributed by atoms with Crippen molar-refractivity contribution < 1.29 is 94.4 Å². The number of amides is 2. The van der Waals surface area contributed by atoms with E-state index in [1.807, 2.05) is 0 Å². The van der Waals surface area contributed by atoms with Crippen LogP contribution in [0.1, 0.15) is 36.4 Å². The fourth-order valence-corrected chi connectivity index (χ4v) is 10.2. The van der Waals surface area contributed by atoms with Crippen LogP contribution in [0.25, 0.3) is 11.2 Å². The number of para-hydroxylation sites is 1. The summed E-state index contributed by atoms with van der Waals surface area (Å²) in [7, 11) is -10.8. The van der Waals surface area contributed by atoms with Crippen LogP contribution in [0.3, 0.4) is 0 Å². The van der Waals surface area contributed by atoms with Gasteiger partial charge in [0.1, 0.15) is 73.0 Å². The van der Waals surface area contributed by atoms with Crippen molar-refractivity contribution in [2.75, 3.05) is 43.2 Å². The van der Waals surface area contributed by atoms with Crippen molar-refractivity contribution >= 4 is 73.7 Å². The quantitative estimate of drug-likeness (QED) is 0.0338. The highest BCUT2D eigenvalue weighted by Crippen LogP contribution is 2.51. The van der Waals surface area contributed by atoms with Crippen LogP contribution < -0.4 is 32.5 Å². The van der Waals surface area contributed by atoms with E-state index < -0.39 is 120 Å². The number of anilines is 3. The Morgan fingerprint density at radius 3 is 2.32 bits per heavy atom. The van der Waals surface area contributed by atoms with E-state index in [9.17, 15) is 52.5 Å². The molecule has 0 saturated carbocycles. The highest BCUT2D eigenvalue weighted by Gasteiger charge is 2.54. The van der Waals surface area contributed by atoms with Gasteiger partial charge in [-0.2, -0.15) is 4.98 Å². The molecular formula is C48H52ClFN10O20P2. The molecule has 0 aliphatic carbocycles. The highest BCUT2D eigenvalue weighted by molar-refractivity contribution is 7.47. The predicted octanol–water partition coefficient (Wildman–Crippen LogP) is 2.80. The first-order chi connectivity index (χ1) is 39.2. The molecule has 6 aromatic rings. The second-order valence-corrected chi connectivity index (χ2v) is 21.4. The van der Waals surface area contributed by atoms with E-state index >= 15 is 0 Å². The van der Waals surface area contributed by atoms with Crippen LogP contribution in [0.15, 0.2) is 103 Å². The molecule has 82 heavy (non-hydrogen) atoms. The van der Waals surface area contributed by atoms with Crippen molar-refractivity contribution in [3.63, 3.8) is 0 Å². The number of hydrogen-bond acceptors (Lipinski definition) is 23. The van der Waals surface area contributed by atoms with E-state index in [4.69, 9.17) is 69.8 Å². The van der Waals surface area contributed by atoms with Gasteiger partial charge >= 0.3 is 33.4 Å². The van der Waals surface area contributed by atoms with Gasteiger partial charge in [0.05, 0.1) is 31.0 Å². The first-order valence-corrected chi connectivity index (χ1v) is 28.1. The topological polar surface area (TPSA) is 413 Å². The number of carbonyl (C=O) groups is 3. The van der Waals surface area contributed by atoms with Crippen LogP contribution in [0.4, 0.5) is 26.5 Å². The number of fused-ring (bicyclic) bond motifs is 1. The van der Waals surface area contributed by atoms with E-state index in [2.05, 4.69) is 30.6 Å². The van der Waals surface area contributed by atoms with Crippen molar-refractivity contribution in [1.29, 1.82) is 0 Å². The summed E-state index contributed by atoms with van der Waals surface area (Å²) in [6.45, 7) is -2.81.